The second kappa shape index (κ2) is 8.69. The lowest BCUT2D eigenvalue weighted by atomic mass is 9.76. The molecule has 1 N–H and O–H groups in total. The number of anilines is 1. The first-order valence-corrected chi connectivity index (χ1v) is 9.67. The van der Waals surface area contributed by atoms with E-state index in [1.807, 2.05) is 6.07 Å². The molecule has 1 aliphatic rings. The molecule has 2 atom stereocenters. The van der Waals surface area contributed by atoms with Crippen molar-refractivity contribution in [3.05, 3.63) is 69.3 Å². The minimum absolute atomic E-state index is 0.362. The number of benzene rings is 2. The first-order valence-electron chi connectivity index (χ1n) is 8.92. The van der Waals surface area contributed by atoms with E-state index in [0.717, 1.165) is 0 Å². The Kier molecular flexibility index (Phi) is 6.26. The van der Waals surface area contributed by atoms with Gasteiger partial charge in [0.05, 0.1) is 24.8 Å². The van der Waals surface area contributed by atoms with Crippen molar-refractivity contribution in [2.75, 3.05) is 12.4 Å². The summed E-state index contributed by atoms with van der Waals surface area (Å²) in [7, 11) is 1.53. The molecule has 0 radical (unpaired) electrons. The average Bonchev–Trinajstić information content (AvgIpc) is 2.68. The predicted octanol–water partition coefficient (Wildman–Crippen LogP) is 5.61. The maximum atomic E-state index is 13.3. The quantitative estimate of drug-likeness (QED) is 0.688. The summed E-state index contributed by atoms with van der Waals surface area (Å²) < 4.78 is 5.32. The van der Waals surface area contributed by atoms with Crippen molar-refractivity contribution in [2.24, 2.45) is 10.9 Å². The molecule has 7 heteroatoms. The highest BCUT2D eigenvalue weighted by Gasteiger charge is 2.38. The lowest BCUT2D eigenvalue weighted by Gasteiger charge is -2.30. The molecule has 0 aromatic heterocycles. The van der Waals surface area contributed by atoms with Crippen LogP contribution in [-0.2, 0) is 4.79 Å². The zero-order valence-corrected chi connectivity index (χ0v) is 17.7. The van der Waals surface area contributed by atoms with E-state index < -0.39 is 11.8 Å². The predicted molar refractivity (Wildman–Crippen MR) is 116 cm³/mol. The van der Waals surface area contributed by atoms with Gasteiger partial charge in [-0.3, -0.25) is 9.79 Å². The topological polar surface area (TPSA) is 74.5 Å². The summed E-state index contributed by atoms with van der Waals surface area (Å²) in [6.07, 6.45) is 0. The van der Waals surface area contributed by atoms with Crippen LogP contribution in [0, 0.1) is 17.2 Å². The van der Waals surface area contributed by atoms with Gasteiger partial charge in [0.2, 0.25) is 0 Å². The van der Waals surface area contributed by atoms with Crippen LogP contribution >= 0.6 is 23.2 Å². The van der Waals surface area contributed by atoms with Crippen LogP contribution in [0.5, 0.6) is 5.75 Å². The number of allylic oxidation sites excluding steroid dienone is 1. The monoisotopic (exact) mass is 427 g/mol. The molecule has 0 bridgehead atoms. The lowest BCUT2D eigenvalue weighted by molar-refractivity contribution is -0.113. The third-order valence-corrected chi connectivity index (χ3v) is 5.43. The van der Waals surface area contributed by atoms with Crippen molar-refractivity contribution in [3.8, 4) is 11.8 Å². The van der Waals surface area contributed by atoms with Crippen molar-refractivity contribution in [1.29, 1.82) is 5.26 Å². The number of hydrogen-bond acceptors (Lipinski definition) is 4. The van der Waals surface area contributed by atoms with Crippen molar-refractivity contribution in [1.82, 2.24) is 0 Å². The van der Waals surface area contributed by atoms with Gasteiger partial charge in [0.15, 0.2) is 0 Å². The number of nitrogens with one attached hydrogen (secondary N) is 1. The van der Waals surface area contributed by atoms with E-state index in [0.29, 0.717) is 44.0 Å². The molecular formula is C22H19Cl2N3O2. The van der Waals surface area contributed by atoms with Crippen LogP contribution in [0.15, 0.2) is 58.7 Å². The molecule has 0 fully saturated rings. The number of halogens is 2. The highest BCUT2D eigenvalue weighted by Crippen LogP contribution is 2.42. The van der Waals surface area contributed by atoms with Gasteiger partial charge in [0.1, 0.15) is 5.75 Å². The summed E-state index contributed by atoms with van der Waals surface area (Å²) in [5.41, 5.74) is 2.74. The Bertz CT molecular complexity index is 1070. The SMILES string of the molecule is COc1ccccc1NC(=O)C1=C(C)N=C(C)C(C#N)C1c1ccc(Cl)cc1Cl. The number of carbonyl (C=O) groups excluding carboxylic acids is 1. The Labute approximate surface area is 179 Å². The van der Waals surface area contributed by atoms with Crippen molar-refractivity contribution >= 4 is 40.5 Å². The summed E-state index contributed by atoms with van der Waals surface area (Å²) in [5, 5.41) is 13.6. The number of aliphatic imine (C=N–C) groups is 1. The average molecular weight is 428 g/mol. The molecule has 148 valence electrons. The first kappa shape index (κ1) is 20.9. The Morgan fingerprint density at radius 1 is 1.21 bits per heavy atom. The Hall–Kier alpha value is -2.81. The van der Waals surface area contributed by atoms with Crippen LogP contribution in [0.3, 0.4) is 0 Å². The number of hydrogen-bond donors (Lipinski definition) is 1. The first-order chi connectivity index (χ1) is 13.9. The van der Waals surface area contributed by atoms with Crippen LogP contribution in [-0.4, -0.2) is 18.7 Å². The van der Waals surface area contributed by atoms with Gasteiger partial charge in [-0.15, -0.1) is 0 Å². The van der Waals surface area contributed by atoms with E-state index >= 15 is 0 Å². The van der Waals surface area contributed by atoms with Gasteiger partial charge in [0.25, 0.3) is 5.91 Å². The van der Waals surface area contributed by atoms with E-state index in [4.69, 9.17) is 27.9 Å². The van der Waals surface area contributed by atoms with Crippen molar-refractivity contribution < 1.29 is 9.53 Å². The highest BCUT2D eigenvalue weighted by molar-refractivity contribution is 6.35. The second-order valence-electron chi connectivity index (χ2n) is 6.66. The molecule has 2 unspecified atom stereocenters. The third kappa shape index (κ3) is 4.14. The fourth-order valence-electron chi connectivity index (χ4n) is 3.53. The summed E-state index contributed by atoms with van der Waals surface area (Å²) in [5.74, 6) is -1.03. The van der Waals surface area contributed by atoms with E-state index in [9.17, 15) is 10.1 Å². The molecule has 0 saturated heterocycles. The Morgan fingerprint density at radius 3 is 2.59 bits per heavy atom. The summed E-state index contributed by atoms with van der Waals surface area (Å²) in [6, 6.07) is 14.5. The van der Waals surface area contributed by atoms with Crippen molar-refractivity contribution in [3.63, 3.8) is 0 Å². The molecule has 1 amide bonds. The van der Waals surface area contributed by atoms with Gasteiger partial charge < -0.3 is 10.1 Å². The number of rotatable bonds is 4. The van der Waals surface area contributed by atoms with Gasteiger partial charge in [-0.1, -0.05) is 41.4 Å². The fraction of sp³-hybridized carbons (Fsp3) is 0.227. The maximum Gasteiger partial charge on any atom is 0.254 e. The van der Waals surface area contributed by atoms with E-state index in [-0.39, 0.29) is 5.91 Å². The van der Waals surface area contributed by atoms with Crippen LogP contribution in [0.2, 0.25) is 10.0 Å². The molecule has 3 rings (SSSR count). The largest absolute Gasteiger partial charge is 0.495 e. The number of nitrogens with zero attached hydrogens (tertiary/aromatic N) is 2. The molecule has 0 aliphatic carbocycles. The smallest absolute Gasteiger partial charge is 0.254 e. The second-order valence-corrected chi connectivity index (χ2v) is 7.50. The number of methoxy groups -OCH3 is 1. The highest BCUT2D eigenvalue weighted by atomic mass is 35.5. The molecule has 0 spiro atoms. The van der Waals surface area contributed by atoms with E-state index in [1.165, 1.54) is 7.11 Å². The summed E-state index contributed by atoms with van der Waals surface area (Å²) >= 11 is 12.5. The number of amides is 1. The molecule has 0 saturated carbocycles. The number of carbonyl (C=O) groups is 1. The van der Waals surface area contributed by atoms with Crippen LogP contribution in [0.25, 0.3) is 0 Å². The fourth-order valence-corrected chi connectivity index (χ4v) is 4.05. The van der Waals surface area contributed by atoms with Crippen LogP contribution < -0.4 is 10.1 Å². The number of para-hydroxylation sites is 2. The zero-order chi connectivity index (χ0) is 21.1. The lowest BCUT2D eigenvalue weighted by Crippen LogP contribution is -2.31. The van der Waals surface area contributed by atoms with E-state index in [2.05, 4.69) is 16.4 Å². The summed E-state index contributed by atoms with van der Waals surface area (Å²) in [6.45, 7) is 3.54. The van der Waals surface area contributed by atoms with Gasteiger partial charge in [-0.2, -0.15) is 5.26 Å². The van der Waals surface area contributed by atoms with Gasteiger partial charge in [-0.25, -0.2) is 0 Å². The maximum absolute atomic E-state index is 13.3. The Balaban J connectivity index is 2.10. The standard InChI is InChI=1S/C22H19Cl2N3O2/c1-12-16(11-25)21(15-9-8-14(23)10-17(15)24)20(13(2)26-12)22(28)27-18-6-4-5-7-19(18)29-3/h4-10,16,21H,1-3H3,(H,27,28). The minimum Gasteiger partial charge on any atom is -0.495 e. The van der Waals surface area contributed by atoms with Crippen LogP contribution in [0.4, 0.5) is 5.69 Å². The number of ether oxygens (including phenoxy) is 1. The zero-order valence-electron chi connectivity index (χ0n) is 16.2. The molecule has 2 aromatic carbocycles. The number of nitriles is 1. The normalized spacial score (nSPS) is 18.7. The van der Waals surface area contributed by atoms with Gasteiger partial charge >= 0.3 is 0 Å². The van der Waals surface area contributed by atoms with E-state index in [1.54, 1.807) is 50.2 Å². The van der Waals surface area contributed by atoms with Gasteiger partial charge in [0, 0.05) is 32.9 Å². The van der Waals surface area contributed by atoms with Crippen molar-refractivity contribution in [2.45, 2.75) is 19.8 Å². The van der Waals surface area contributed by atoms with Gasteiger partial charge in [-0.05, 0) is 43.7 Å². The molecule has 1 heterocycles. The Morgan fingerprint density at radius 2 is 1.93 bits per heavy atom. The summed E-state index contributed by atoms with van der Waals surface area (Å²) in [4.78, 5) is 17.8. The molecule has 1 aliphatic heterocycles. The molecule has 2 aromatic rings. The molecular weight excluding hydrogens is 409 g/mol. The minimum atomic E-state index is -0.629. The third-order valence-electron chi connectivity index (χ3n) is 4.86. The molecule has 29 heavy (non-hydrogen) atoms. The molecule has 5 nitrogen and oxygen atoms in total. The van der Waals surface area contributed by atoms with Crippen LogP contribution in [0.1, 0.15) is 25.3 Å².